The summed E-state index contributed by atoms with van der Waals surface area (Å²) in [6, 6.07) is 19.2. The van der Waals surface area contributed by atoms with E-state index in [9.17, 15) is 0 Å². The van der Waals surface area contributed by atoms with Crippen LogP contribution in [0.5, 0.6) is 5.75 Å². The molecule has 4 rings (SSSR count). The van der Waals surface area contributed by atoms with E-state index < -0.39 is 0 Å². The van der Waals surface area contributed by atoms with Crippen LogP contribution in [0.15, 0.2) is 48.5 Å². The van der Waals surface area contributed by atoms with E-state index in [4.69, 9.17) is 4.74 Å². The fourth-order valence-corrected chi connectivity index (χ4v) is 5.04. The number of rotatable bonds is 6. The lowest BCUT2D eigenvalue weighted by Crippen LogP contribution is -2.44. The molecule has 2 aromatic rings. The van der Waals surface area contributed by atoms with Crippen molar-refractivity contribution in [2.75, 3.05) is 45.7 Å². The Morgan fingerprint density at radius 1 is 0.897 bits per heavy atom. The predicted molar refractivity (Wildman–Crippen MR) is 121 cm³/mol. The zero-order chi connectivity index (χ0) is 20.2. The first kappa shape index (κ1) is 20.2. The average Bonchev–Trinajstić information content (AvgIpc) is 3.24. The van der Waals surface area contributed by atoms with Crippen molar-refractivity contribution in [2.24, 2.45) is 0 Å². The van der Waals surface area contributed by atoms with Gasteiger partial charge in [-0.25, -0.2) is 0 Å². The third-order valence-electron chi connectivity index (χ3n) is 6.53. The van der Waals surface area contributed by atoms with E-state index in [0.29, 0.717) is 12.1 Å². The van der Waals surface area contributed by atoms with E-state index in [1.807, 2.05) is 0 Å². The molecule has 156 valence electrons. The summed E-state index contributed by atoms with van der Waals surface area (Å²) in [7, 11) is 5.98. The summed E-state index contributed by atoms with van der Waals surface area (Å²) in [5, 5.41) is 0. The maximum Gasteiger partial charge on any atom is 0.119 e. The molecule has 0 aliphatic carbocycles. The normalized spacial score (nSPS) is 21.1. The highest BCUT2D eigenvalue weighted by molar-refractivity contribution is 5.49. The molecule has 29 heavy (non-hydrogen) atoms. The highest BCUT2D eigenvalue weighted by Gasteiger charge is 2.33. The Hall–Kier alpha value is -2.04. The van der Waals surface area contributed by atoms with Crippen molar-refractivity contribution in [3.05, 3.63) is 59.7 Å². The van der Waals surface area contributed by atoms with Crippen molar-refractivity contribution >= 4 is 5.69 Å². The summed E-state index contributed by atoms with van der Waals surface area (Å²) in [6.45, 7) is 4.54. The highest BCUT2D eigenvalue weighted by atomic mass is 16.5. The fraction of sp³-hybridized carbons (Fsp3) is 0.520. The lowest BCUT2D eigenvalue weighted by molar-refractivity contribution is 0.154. The molecule has 0 saturated carbocycles. The van der Waals surface area contributed by atoms with Gasteiger partial charge in [0.25, 0.3) is 0 Å². The van der Waals surface area contributed by atoms with Gasteiger partial charge in [0.05, 0.1) is 7.11 Å². The zero-order valence-corrected chi connectivity index (χ0v) is 18.2. The molecule has 1 unspecified atom stereocenters. The van der Waals surface area contributed by atoms with Gasteiger partial charge >= 0.3 is 0 Å². The molecular weight excluding hydrogens is 358 g/mol. The van der Waals surface area contributed by atoms with Gasteiger partial charge in [-0.1, -0.05) is 24.3 Å². The van der Waals surface area contributed by atoms with Crippen LogP contribution >= 0.6 is 0 Å². The molecule has 4 nitrogen and oxygen atoms in total. The molecule has 0 bridgehead atoms. The quantitative estimate of drug-likeness (QED) is 0.716. The number of hydrogen-bond donors (Lipinski definition) is 0. The number of benzene rings is 2. The molecule has 2 aliphatic heterocycles. The van der Waals surface area contributed by atoms with Crippen LogP contribution in [-0.2, 0) is 6.54 Å². The third-order valence-corrected chi connectivity index (χ3v) is 6.53. The van der Waals surface area contributed by atoms with E-state index in [0.717, 1.165) is 25.4 Å². The van der Waals surface area contributed by atoms with E-state index in [1.54, 1.807) is 7.11 Å². The van der Waals surface area contributed by atoms with Gasteiger partial charge in [-0.3, -0.25) is 4.90 Å². The standard InChI is InChI=1S/C25H35N3O/c1-26(2)19-20-6-8-21(9-7-20)25-5-4-16-28(25)23-14-17-27(18-15-23)22-10-12-24(29-3)13-11-22/h6-13,23,25H,4-5,14-19H2,1-3H3. The topological polar surface area (TPSA) is 19.0 Å². The van der Waals surface area contributed by atoms with Crippen molar-refractivity contribution in [1.29, 1.82) is 0 Å². The van der Waals surface area contributed by atoms with Gasteiger partial charge in [-0.05, 0) is 81.7 Å². The average molecular weight is 394 g/mol. The van der Waals surface area contributed by atoms with E-state index in [-0.39, 0.29) is 0 Å². The minimum absolute atomic E-state index is 0.598. The molecule has 2 aromatic carbocycles. The number of methoxy groups -OCH3 is 1. The van der Waals surface area contributed by atoms with Crippen LogP contribution in [0.3, 0.4) is 0 Å². The Kier molecular flexibility index (Phi) is 6.41. The number of likely N-dealkylation sites (tertiary alicyclic amines) is 1. The fourth-order valence-electron chi connectivity index (χ4n) is 5.04. The monoisotopic (exact) mass is 393 g/mol. The van der Waals surface area contributed by atoms with E-state index >= 15 is 0 Å². The van der Waals surface area contributed by atoms with Crippen LogP contribution in [0.25, 0.3) is 0 Å². The first-order valence-electron chi connectivity index (χ1n) is 11.0. The van der Waals surface area contributed by atoms with E-state index in [2.05, 4.69) is 77.3 Å². The molecule has 0 spiro atoms. The minimum atomic E-state index is 0.598. The van der Waals surface area contributed by atoms with Crippen molar-refractivity contribution in [2.45, 2.75) is 44.3 Å². The minimum Gasteiger partial charge on any atom is -0.497 e. The van der Waals surface area contributed by atoms with Gasteiger partial charge in [0.15, 0.2) is 0 Å². The smallest absolute Gasteiger partial charge is 0.119 e. The Balaban J connectivity index is 1.37. The Morgan fingerprint density at radius 3 is 2.21 bits per heavy atom. The van der Waals surface area contributed by atoms with Crippen LogP contribution in [0.4, 0.5) is 5.69 Å². The summed E-state index contributed by atoms with van der Waals surface area (Å²) in [5.41, 5.74) is 4.22. The van der Waals surface area contributed by atoms with Gasteiger partial charge in [0.2, 0.25) is 0 Å². The lowest BCUT2D eigenvalue weighted by Gasteiger charge is -2.40. The van der Waals surface area contributed by atoms with E-state index in [1.165, 1.54) is 49.0 Å². The Morgan fingerprint density at radius 2 is 1.59 bits per heavy atom. The molecule has 0 N–H and O–H groups in total. The molecule has 2 aliphatic rings. The highest BCUT2D eigenvalue weighted by Crippen LogP contribution is 2.37. The molecule has 2 heterocycles. The summed E-state index contributed by atoms with van der Waals surface area (Å²) in [4.78, 5) is 7.55. The molecule has 0 radical (unpaired) electrons. The lowest BCUT2D eigenvalue weighted by atomic mass is 9.98. The number of ether oxygens (including phenoxy) is 1. The number of nitrogens with zero attached hydrogens (tertiary/aromatic N) is 3. The third kappa shape index (κ3) is 4.76. The van der Waals surface area contributed by atoms with Crippen molar-refractivity contribution in [3.8, 4) is 5.75 Å². The van der Waals surface area contributed by atoms with Crippen LogP contribution in [0.2, 0.25) is 0 Å². The zero-order valence-electron chi connectivity index (χ0n) is 18.2. The largest absolute Gasteiger partial charge is 0.497 e. The van der Waals surface area contributed by atoms with Gasteiger partial charge < -0.3 is 14.5 Å². The summed E-state index contributed by atoms with van der Waals surface area (Å²) < 4.78 is 5.29. The molecule has 1 atom stereocenters. The molecule has 4 heteroatoms. The maximum atomic E-state index is 5.29. The van der Waals surface area contributed by atoms with Gasteiger partial charge in [-0.15, -0.1) is 0 Å². The number of piperidine rings is 1. The summed E-state index contributed by atoms with van der Waals surface area (Å²) >= 11 is 0. The molecule has 2 saturated heterocycles. The Labute approximate surface area is 176 Å². The second kappa shape index (κ2) is 9.19. The van der Waals surface area contributed by atoms with Crippen molar-refractivity contribution in [3.63, 3.8) is 0 Å². The Bertz CT molecular complexity index is 764. The van der Waals surface area contributed by atoms with Crippen molar-refractivity contribution in [1.82, 2.24) is 9.80 Å². The molecular formula is C25H35N3O. The maximum absolute atomic E-state index is 5.29. The second-order valence-electron chi connectivity index (χ2n) is 8.79. The number of hydrogen-bond acceptors (Lipinski definition) is 4. The second-order valence-corrected chi connectivity index (χ2v) is 8.79. The molecule has 0 aromatic heterocycles. The van der Waals surface area contributed by atoms with Gasteiger partial charge in [-0.2, -0.15) is 0 Å². The van der Waals surface area contributed by atoms with Crippen molar-refractivity contribution < 1.29 is 4.74 Å². The van der Waals surface area contributed by atoms with Crippen LogP contribution in [-0.4, -0.2) is 56.7 Å². The van der Waals surface area contributed by atoms with Gasteiger partial charge in [0.1, 0.15) is 5.75 Å². The molecule has 2 fully saturated rings. The predicted octanol–water partition coefficient (Wildman–Crippen LogP) is 4.56. The summed E-state index contributed by atoms with van der Waals surface area (Å²) in [6.07, 6.45) is 5.12. The van der Waals surface area contributed by atoms with Crippen LogP contribution in [0.1, 0.15) is 42.9 Å². The first-order chi connectivity index (χ1) is 14.1. The van der Waals surface area contributed by atoms with Gasteiger partial charge in [0, 0.05) is 37.4 Å². The first-order valence-corrected chi connectivity index (χ1v) is 11.0. The SMILES string of the molecule is COc1ccc(N2CCC(N3CCCC3c3ccc(CN(C)C)cc3)CC2)cc1. The van der Waals surface area contributed by atoms with Crippen LogP contribution in [0, 0.1) is 0 Å². The van der Waals surface area contributed by atoms with Crippen LogP contribution < -0.4 is 9.64 Å². The summed E-state index contributed by atoms with van der Waals surface area (Å²) in [5.74, 6) is 0.931. The molecule has 0 amide bonds. The number of anilines is 1.